The van der Waals surface area contributed by atoms with Crippen LogP contribution in [0.15, 0.2) is 36.4 Å². The zero-order valence-corrected chi connectivity index (χ0v) is 16.9. The molecule has 2 aromatic rings. The van der Waals surface area contributed by atoms with E-state index in [-0.39, 0.29) is 5.54 Å². The highest BCUT2D eigenvalue weighted by atomic mass is 35.5. The Hall–Kier alpha value is -2.24. The third-order valence-corrected chi connectivity index (χ3v) is 5.81. The number of nitriles is 1. The molecule has 134 valence electrons. The molecule has 0 spiro atoms. The van der Waals surface area contributed by atoms with Crippen molar-refractivity contribution in [3.63, 3.8) is 0 Å². The Morgan fingerprint density at radius 3 is 2.69 bits per heavy atom. The van der Waals surface area contributed by atoms with Gasteiger partial charge in [0.05, 0.1) is 11.6 Å². The van der Waals surface area contributed by atoms with Gasteiger partial charge in [-0.15, -0.1) is 0 Å². The highest BCUT2D eigenvalue weighted by Gasteiger charge is 2.34. The molecule has 0 N–H and O–H groups in total. The monoisotopic (exact) mass is 364 g/mol. The Balaban J connectivity index is 2.10. The van der Waals surface area contributed by atoms with Crippen LogP contribution in [0.4, 0.5) is 5.69 Å². The number of hydrogen-bond acceptors (Lipinski definition) is 2. The summed E-state index contributed by atoms with van der Waals surface area (Å²) in [7, 11) is 2.17. The van der Waals surface area contributed by atoms with E-state index < -0.39 is 0 Å². The van der Waals surface area contributed by atoms with E-state index in [1.807, 2.05) is 30.3 Å². The minimum Gasteiger partial charge on any atom is -0.369 e. The maximum atomic E-state index is 9.65. The molecule has 1 unspecified atom stereocenters. The summed E-state index contributed by atoms with van der Waals surface area (Å²) >= 11 is 6.09. The molecule has 0 bridgehead atoms. The van der Waals surface area contributed by atoms with Crippen LogP contribution in [0.5, 0.6) is 0 Å². The van der Waals surface area contributed by atoms with E-state index >= 15 is 0 Å². The molecular weight excluding hydrogens is 340 g/mol. The van der Waals surface area contributed by atoms with Gasteiger partial charge in [0.15, 0.2) is 0 Å². The molecule has 0 saturated carbocycles. The largest absolute Gasteiger partial charge is 0.369 e. The minimum absolute atomic E-state index is 0.148. The number of rotatable bonds is 2. The molecule has 0 radical (unpaired) electrons. The van der Waals surface area contributed by atoms with Gasteiger partial charge in [-0.25, -0.2) is 0 Å². The summed E-state index contributed by atoms with van der Waals surface area (Å²) in [6, 6.07) is 14.3. The maximum absolute atomic E-state index is 9.65. The Labute approximate surface area is 161 Å². The zero-order valence-electron chi connectivity index (χ0n) is 16.1. The lowest BCUT2D eigenvalue weighted by molar-refractivity contribution is 0.395. The fraction of sp³-hybridized carbons (Fsp3) is 0.348. The molecule has 26 heavy (non-hydrogen) atoms. The molecule has 1 heterocycles. The number of halogens is 1. The normalized spacial score (nSPS) is 19.0. The first kappa shape index (κ1) is 18.5. The van der Waals surface area contributed by atoms with Gasteiger partial charge in [0.25, 0.3) is 0 Å². The second kappa shape index (κ2) is 6.82. The average Bonchev–Trinajstić information content (AvgIpc) is 2.58. The van der Waals surface area contributed by atoms with Crippen LogP contribution in [0.3, 0.4) is 0 Å². The molecule has 0 saturated heterocycles. The molecule has 3 heteroatoms. The SMILES string of the molecule is Cc1cc2c(cc1/C=C(/C#N)c1cccc(Cl)c1)C(C)CC(C)(C)N2C. The molecule has 1 atom stereocenters. The molecule has 0 fully saturated rings. The van der Waals surface area contributed by atoms with Gasteiger partial charge in [-0.3, -0.25) is 0 Å². The van der Waals surface area contributed by atoms with Crippen molar-refractivity contribution in [1.29, 1.82) is 5.26 Å². The topological polar surface area (TPSA) is 27.0 Å². The predicted octanol–water partition coefficient (Wildman–Crippen LogP) is 6.43. The summed E-state index contributed by atoms with van der Waals surface area (Å²) in [5, 5.41) is 10.3. The van der Waals surface area contributed by atoms with Crippen molar-refractivity contribution in [1.82, 2.24) is 0 Å². The zero-order chi connectivity index (χ0) is 19.1. The van der Waals surface area contributed by atoms with Crippen LogP contribution < -0.4 is 4.90 Å². The van der Waals surface area contributed by atoms with Crippen LogP contribution in [0, 0.1) is 18.3 Å². The third-order valence-electron chi connectivity index (χ3n) is 5.58. The summed E-state index contributed by atoms with van der Waals surface area (Å²) in [6.45, 7) is 8.99. The van der Waals surface area contributed by atoms with E-state index in [1.165, 1.54) is 16.8 Å². The number of benzene rings is 2. The van der Waals surface area contributed by atoms with Crippen LogP contribution in [0.25, 0.3) is 11.6 Å². The number of anilines is 1. The Kier molecular flexibility index (Phi) is 4.86. The first-order valence-electron chi connectivity index (χ1n) is 8.99. The Morgan fingerprint density at radius 1 is 1.31 bits per heavy atom. The molecule has 0 aromatic heterocycles. The lowest BCUT2D eigenvalue weighted by atomic mass is 9.79. The van der Waals surface area contributed by atoms with Crippen molar-refractivity contribution in [3.8, 4) is 6.07 Å². The van der Waals surface area contributed by atoms with Gasteiger partial charge >= 0.3 is 0 Å². The van der Waals surface area contributed by atoms with Crippen LogP contribution in [0.2, 0.25) is 5.02 Å². The van der Waals surface area contributed by atoms with Crippen molar-refractivity contribution in [2.24, 2.45) is 0 Å². The van der Waals surface area contributed by atoms with Crippen LogP contribution in [-0.4, -0.2) is 12.6 Å². The quantitative estimate of drug-likeness (QED) is 0.453. The Bertz CT molecular complexity index is 918. The van der Waals surface area contributed by atoms with Crippen LogP contribution in [-0.2, 0) is 0 Å². The Morgan fingerprint density at radius 2 is 2.04 bits per heavy atom. The number of fused-ring (bicyclic) bond motifs is 1. The first-order chi connectivity index (χ1) is 12.2. The van der Waals surface area contributed by atoms with Gasteiger partial charge < -0.3 is 4.90 Å². The third kappa shape index (κ3) is 3.37. The molecule has 2 aromatic carbocycles. The van der Waals surface area contributed by atoms with Crippen molar-refractivity contribution in [2.75, 3.05) is 11.9 Å². The van der Waals surface area contributed by atoms with Gasteiger partial charge in [0, 0.05) is 23.3 Å². The number of nitrogens with zero attached hydrogens (tertiary/aromatic N) is 2. The van der Waals surface area contributed by atoms with Gasteiger partial charge in [0.1, 0.15) is 0 Å². The van der Waals surface area contributed by atoms with E-state index in [4.69, 9.17) is 11.6 Å². The molecule has 0 amide bonds. The van der Waals surface area contributed by atoms with E-state index in [0.717, 1.165) is 17.5 Å². The molecule has 1 aliphatic rings. The second-order valence-electron chi connectivity index (χ2n) is 7.92. The molecule has 1 aliphatic heterocycles. The molecular formula is C23H25ClN2. The van der Waals surface area contributed by atoms with Crippen LogP contribution >= 0.6 is 11.6 Å². The summed E-state index contributed by atoms with van der Waals surface area (Å²) in [6.07, 6.45) is 3.09. The standard InChI is InChI=1S/C23H25ClN2/c1-15-9-22-21(16(2)13-23(3,4)26(22)5)12-18(15)10-19(14-25)17-7-6-8-20(24)11-17/h6-12,16H,13H2,1-5H3/b19-10-. The van der Waals surface area contributed by atoms with Gasteiger partial charge in [-0.05, 0) is 85.7 Å². The number of aryl methyl sites for hydroxylation is 1. The summed E-state index contributed by atoms with van der Waals surface area (Å²) in [5.41, 5.74) is 6.55. The highest BCUT2D eigenvalue weighted by Crippen LogP contribution is 2.43. The predicted molar refractivity (Wildman–Crippen MR) is 112 cm³/mol. The molecule has 0 aliphatic carbocycles. The van der Waals surface area contributed by atoms with Crippen molar-refractivity contribution < 1.29 is 0 Å². The highest BCUT2D eigenvalue weighted by molar-refractivity contribution is 6.30. The smallest absolute Gasteiger partial charge is 0.0998 e. The fourth-order valence-corrected chi connectivity index (χ4v) is 4.07. The number of hydrogen-bond donors (Lipinski definition) is 0. The fourth-order valence-electron chi connectivity index (χ4n) is 3.88. The second-order valence-corrected chi connectivity index (χ2v) is 8.36. The van der Waals surface area contributed by atoms with Crippen molar-refractivity contribution >= 4 is 28.9 Å². The summed E-state index contributed by atoms with van der Waals surface area (Å²) in [5.74, 6) is 0.487. The lowest BCUT2D eigenvalue weighted by Crippen LogP contribution is -2.45. The van der Waals surface area contributed by atoms with E-state index in [2.05, 4.69) is 57.8 Å². The number of allylic oxidation sites excluding steroid dienone is 1. The molecule has 2 nitrogen and oxygen atoms in total. The van der Waals surface area contributed by atoms with Gasteiger partial charge in [-0.1, -0.05) is 30.7 Å². The van der Waals surface area contributed by atoms with Crippen LogP contribution in [0.1, 0.15) is 55.4 Å². The van der Waals surface area contributed by atoms with Crippen molar-refractivity contribution in [3.05, 3.63) is 63.7 Å². The van der Waals surface area contributed by atoms with Crippen molar-refractivity contribution in [2.45, 2.75) is 45.6 Å². The summed E-state index contributed by atoms with van der Waals surface area (Å²) in [4.78, 5) is 2.38. The van der Waals surface area contributed by atoms with Gasteiger partial charge in [0.2, 0.25) is 0 Å². The van der Waals surface area contributed by atoms with E-state index in [1.54, 1.807) is 0 Å². The van der Waals surface area contributed by atoms with E-state index in [0.29, 0.717) is 16.5 Å². The summed E-state index contributed by atoms with van der Waals surface area (Å²) < 4.78 is 0. The maximum Gasteiger partial charge on any atom is 0.0998 e. The lowest BCUT2D eigenvalue weighted by Gasteiger charge is -2.45. The van der Waals surface area contributed by atoms with E-state index in [9.17, 15) is 5.26 Å². The first-order valence-corrected chi connectivity index (χ1v) is 9.37. The molecule has 3 rings (SSSR count). The van der Waals surface area contributed by atoms with Gasteiger partial charge in [-0.2, -0.15) is 5.26 Å². The average molecular weight is 365 g/mol. The minimum atomic E-state index is 0.148.